The van der Waals surface area contributed by atoms with Crippen LogP contribution in [0.25, 0.3) is 0 Å². The number of hydrogen-bond acceptors (Lipinski definition) is 3. The highest BCUT2D eigenvalue weighted by molar-refractivity contribution is 5.87. The number of likely N-dealkylation sites (tertiary alicyclic amines) is 1. The van der Waals surface area contributed by atoms with Crippen molar-refractivity contribution in [3.63, 3.8) is 0 Å². The number of aromatic amines is 1. The number of rotatable bonds is 4. The minimum Gasteiger partial charge on any atom is -0.478 e. The van der Waals surface area contributed by atoms with Crippen molar-refractivity contribution < 1.29 is 9.90 Å². The summed E-state index contributed by atoms with van der Waals surface area (Å²) in [4.78, 5) is 13.7. The van der Waals surface area contributed by atoms with Crippen LogP contribution in [0.2, 0.25) is 0 Å². The maximum absolute atomic E-state index is 11.2. The molecule has 0 bridgehead atoms. The summed E-state index contributed by atoms with van der Waals surface area (Å²) in [5, 5.41) is 16.7. The molecule has 2 aromatic rings. The summed E-state index contributed by atoms with van der Waals surface area (Å²) in [5.41, 5.74) is 4.94. The Balaban J connectivity index is 1.88. The topological polar surface area (TPSA) is 69.2 Å². The first-order valence-corrected chi connectivity index (χ1v) is 8.64. The van der Waals surface area contributed by atoms with Gasteiger partial charge in [0, 0.05) is 23.8 Å². The molecule has 2 N–H and O–H groups in total. The summed E-state index contributed by atoms with van der Waals surface area (Å²) in [6, 6.07) is 7.64. The molecule has 0 spiro atoms. The highest BCUT2D eigenvalue weighted by Crippen LogP contribution is 2.34. The Morgan fingerprint density at radius 2 is 2.17 bits per heavy atom. The van der Waals surface area contributed by atoms with Gasteiger partial charge in [0.05, 0.1) is 11.3 Å². The Hall–Kier alpha value is -2.14. The third kappa shape index (κ3) is 3.51. The maximum atomic E-state index is 11.2. The number of nitrogens with zero attached hydrogens (tertiary/aromatic N) is 2. The number of aromatic nitrogens is 2. The van der Waals surface area contributed by atoms with Crippen molar-refractivity contribution in [3.8, 4) is 0 Å². The van der Waals surface area contributed by atoms with E-state index in [-0.39, 0.29) is 0 Å². The van der Waals surface area contributed by atoms with Crippen LogP contribution in [0.5, 0.6) is 0 Å². The molecule has 1 atom stereocenters. The smallest absolute Gasteiger partial charge is 0.335 e. The number of H-pyrrole nitrogens is 1. The SMILES string of the molecule is Cc1n[nH]c(C)c1C1CCCCCN1Cc1cccc(C(=O)O)c1. The monoisotopic (exact) mass is 327 g/mol. The van der Waals surface area contributed by atoms with E-state index in [4.69, 9.17) is 0 Å². The first-order valence-electron chi connectivity index (χ1n) is 8.64. The number of carboxylic acid groups (broad SMARTS) is 1. The van der Waals surface area contributed by atoms with E-state index < -0.39 is 5.97 Å². The summed E-state index contributed by atoms with van der Waals surface area (Å²) in [5.74, 6) is -0.870. The van der Waals surface area contributed by atoms with Crippen LogP contribution in [0, 0.1) is 13.8 Å². The summed E-state index contributed by atoms with van der Waals surface area (Å²) >= 11 is 0. The summed E-state index contributed by atoms with van der Waals surface area (Å²) in [7, 11) is 0. The van der Waals surface area contributed by atoms with Crippen molar-refractivity contribution in [2.45, 2.75) is 52.1 Å². The summed E-state index contributed by atoms with van der Waals surface area (Å²) < 4.78 is 0. The number of aromatic carboxylic acids is 1. The van der Waals surface area contributed by atoms with Crippen molar-refractivity contribution in [1.82, 2.24) is 15.1 Å². The second-order valence-electron chi connectivity index (χ2n) is 6.69. The van der Waals surface area contributed by atoms with E-state index >= 15 is 0 Å². The van der Waals surface area contributed by atoms with E-state index in [9.17, 15) is 9.90 Å². The number of benzene rings is 1. The number of aryl methyl sites for hydroxylation is 2. The molecule has 5 heteroatoms. The first kappa shape index (κ1) is 16.7. The Labute approximate surface area is 142 Å². The molecule has 3 rings (SSSR count). The second kappa shape index (κ2) is 7.18. The van der Waals surface area contributed by atoms with E-state index in [2.05, 4.69) is 28.9 Å². The molecule has 1 aliphatic rings. The highest BCUT2D eigenvalue weighted by atomic mass is 16.4. The van der Waals surface area contributed by atoms with E-state index in [0.717, 1.165) is 36.5 Å². The average Bonchev–Trinajstić information content (AvgIpc) is 2.75. The third-order valence-corrected chi connectivity index (χ3v) is 4.94. The van der Waals surface area contributed by atoms with Gasteiger partial charge in [0.25, 0.3) is 0 Å². The molecule has 0 amide bonds. The molecule has 5 nitrogen and oxygen atoms in total. The van der Waals surface area contributed by atoms with Gasteiger partial charge >= 0.3 is 5.97 Å². The molecule has 0 radical (unpaired) electrons. The van der Waals surface area contributed by atoms with Crippen molar-refractivity contribution in [3.05, 3.63) is 52.3 Å². The molecule has 1 unspecified atom stereocenters. The lowest BCUT2D eigenvalue weighted by atomic mass is 9.98. The van der Waals surface area contributed by atoms with Crippen LogP contribution in [0.15, 0.2) is 24.3 Å². The Bertz CT molecular complexity index is 704. The van der Waals surface area contributed by atoms with Gasteiger partial charge in [-0.25, -0.2) is 4.79 Å². The predicted molar refractivity (Wildman–Crippen MR) is 93.1 cm³/mol. The van der Waals surface area contributed by atoms with Crippen LogP contribution in [-0.4, -0.2) is 32.7 Å². The summed E-state index contributed by atoms with van der Waals surface area (Å²) in [6.45, 7) is 5.96. The molecule has 2 heterocycles. The first-order chi connectivity index (χ1) is 11.6. The van der Waals surface area contributed by atoms with Crippen LogP contribution in [0.1, 0.15) is 64.6 Å². The van der Waals surface area contributed by atoms with E-state index in [1.807, 2.05) is 12.1 Å². The van der Waals surface area contributed by atoms with Crippen molar-refractivity contribution in [2.75, 3.05) is 6.54 Å². The second-order valence-corrected chi connectivity index (χ2v) is 6.69. The largest absolute Gasteiger partial charge is 0.478 e. The minimum absolute atomic E-state index is 0.347. The Morgan fingerprint density at radius 3 is 2.88 bits per heavy atom. The molecule has 1 aliphatic heterocycles. The lowest BCUT2D eigenvalue weighted by molar-refractivity contribution is 0.0696. The Morgan fingerprint density at radius 1 is 1.33 bits per heavy atom. The van der Waals surface area contributed by atoms with Crippen molar-refractivity contribution >= 4 is 5.97 Å². The molecule has 1 fully saturated rings. The van der Waals surface area contributed by atoms with Crippen LogP contribution >= 0.6 is 0 Å². The fourth-order valence-electron chi connectivity index (χ4n) is 3.77. The lowest BCUT2D eigenvalue weighted by Gasteiger charge is -2.30. The van der Waals surface area contributed by atoms with Gasteiger partial charge in [-0.2, -0.15) is 5.10 Å². The fourth-order valence-corrected chi connectivity index (χ4v) is 3.77. The molecule has 1 aromatic heterocycles. The van der Waals surface area contributed by atoms with Gasteiger partial charge in [0.1, 0.15) is 0 Å². The highest BCUT2D eigenvalue weighted by Gasteiger charge is 2.26. The van der Waals surface area contributed by atoms with Crippen LogP contribution in [0.4, 0.5) is 0 Å². The van der Waals surface area contributed by atoms with E-state index in [1.165, 1.54) is 24.8 Å². The quantitative estimate of drug-likeness (QED) is 0.895. The number of carboxylic acids is 1. The van der Waals surface area contributed by atoms with Crippen molar-refractivity contribution in [1.29, 1.82) is 0 Å². The predicted octanol–water partition coefficient (Wildman–Crippen LogP) is 3.84. The van der Waals surface area contributed by atoms with Gasteiger partial charge in [0.2, 0.25) is 0 Å². The molecular weight excluding hydrogens is 302 g/mol. The van der Waals surface area contributed by atoms with E-state index in [1.54, 1.807) is 12.1 Å². The number of carbonyl (C=O) groups is 1. The van der Waals surface area contributed by atoms with Gasteiger partial charge in [-0.1, -0.05) is 25.0 Å². The van der Waals surface area contributed by atoms with Crippen LogP contribution < -0.4 is 0 Å². The van der Waals surface area contributed by atoms with Crippen LogP contribution in [0.3, 0.4) is 0 Å². The summed E-state index contributed by atoms with van der Waals surface area (Å²) in [6.07, 6.45) is 4.78. The minimum atomic E-state index is -0.870. The molecule has 0 aliphatic carbocycles. The molecule has 1 aromatic carbocycles. The molecule has 1 saturated heterocycles. The zero-order valence-corrected chi connectivity index (χ0v) is 14.4. The molecular formula is C19H25N3O2. The number of hydrogen-bond donors (Lipinski definition) is 2. The van der Waals surface area contributed by atoms with Gasteiger partial charge in [-0.3, -0.25) is 10.00 Å². The lowest BCUT2D eigenvalue weighted by Crippen LogP contribution is -2.29. The van der Waals surface area contributed by atoms with Gasteiger partial charge in [-0.15, -0.1) is 0 Å². The number of nitrogens with one attached hydrogen (secondary N) is 1. The normalized spacial score (nSPS) is 19.2. The average molecular weight is 327 g/mol. The van der Waals surface area contributed by atoms with E-state index in [0.29, 0.717) is 11.6 Å². The van der Waals surface area contributed by atoms with Gasteiger partial charge in [0.15, 0.2) is 0 Å². The fraction of sp³-hybridized carbons (Fsp3) is 0.474. The zero-order chi connectivity index (χ0) is 17.1. The molecule has 0 saturated carbocycles. The maximum Gasteiger partial charge on any atom is 0.335 e. The standard InChI is InChI=1S/C19H25N3O2/c1-13-18(14(2)21-20-13)17-9-4-3-5-10-22(17)12-15-7-6-8-16(11-15)19(23)24/h6-8,11,17H,3-5,9-10,12H2,1-2H3,(H,20,21)(H,23,24). The molecule has 128 valence electrons. The zero-order valence-electron chi connectivity index (χ0n) is 14.4. The third-order valence-electron chi connectivity index (χ3n) is 4.94. The van der Waals surface area contributed by atoms with Gasteiger partial charge < -0.3 is 5.11 Å². The van der Waals surface area contributed by atoms with Crippen LogP contribution in [-0.2, 0) is 6.54 Å². The Kier molecular flexibility index (Phi) is 5.00. The molecule has 24 heavy (non-hydrogen) atoms. The van der Waals surface area contributed by atoms with Crippen molar-refractivity contribution in [2.24, 2.45) is 0 Å². The van der Waals surface area contributed by atoms with Gasteiger partial charge in [-0.05, 0) is 50.9 Å².